The van der Waals surface area contributed by atoms with Crippen molar-refractivity contribution in [2.45, 2.75) is 12.8 Å². The van der Waals surface area contributed by atoms with Gasteiger partial charge in [0, 0.05) is 5.92 Å². The van der Waals surface area contributed by atoms with Crippen molar-refractivity contribution in [3.05, 3.63) is 23.8 Å². The lowest BCUT2D eigenvalue weighted by atomic mass is 10.0. The fourth-order valence-corrected chi connectivity index (χ4v) is 1.44. The van der Waals surface area contributed by atoms with Gasteiger partial charge in [0.2, 0.25) is 6.08 Å². The molecule has 0 radical (unpaired) electrons. The average Bonchev–Trinajstić information content (AvgIpc) is 2.34. The lowest BCUT2D eigenvalue weighted by Gasteiger charge is -2.12. The fraction of sp³-hybridized carbons (Fsp3) is 0.417. The highest BCUT2D eigenvalue weighted by Crippen LogP contribution is 2.30. The summed E-state index contributed by atoms with van der Waals surface area (Å²) in [6.45, 7) is 2.42. The molecule has 0 spiro atoms. The number of ether oxygens (including phenoxy) is 2. The van der Waals surface area contributed by atoms with Gasteiger partial charge in [-0.15, -0.1) is 0 Å². The van der Waals surface area contributed by atoms with Crippen molar-refractivity contribution in [3.63, 3.8) is 0 Å². The number of benzene rings is 1. The highest BCUT2D eigenvalue weighted by Gasteiger charge is 2.09. The molecule has 1 rings (SSSR count). The quantitative estimate of drug-likeness (QED) is 0.565. The number of carbonyl (C=O) groups excluding carboxylic acids is 1. The second kappa shape index (κ2) is 5.93. The zero-order chi connectivity index (χ0) is 12.0. The second-order valence-corrected chi connectivity index (χ2v) is 3.45. The van der Waals surface area contributed by atoms with Gasteiger partial charge in [0.25, 0.3) is 0 Å². The average molecular weight is 221 g/mol. The predicted octanol–water partition coefficient (Wildman–Crippen LogP) is 2.14. The van der Waals surface area contributed by atoms with Gasteiger partial charge in [-0.05, 0) is 17.7 Å². The Kier molecular flexibility index (Phi) is 4.55. The van der Waals surface area contributed by atoms with Crippen molar-refractivity contribution in [3.8, 4) is 11.5 Å². The third-order valence-corrected chi connectivity index (χ3v) is 2.41. The molecule has 0 aromatic heterocycles. The first-order valence-corrected chi connectivity index (χ1v) is 4.98. The van der Waals surface area contributed by atoms with Crippen LogP contribution in [0.1, 0.15) is 18.4 Å². The molecule has 16 heavy (non-hydrogen) atoms. The predicted molar refractivity (Wildman–Crippen MR) is 60.9 cm³/mol. The molecular weight excluding hydrogens is 206 g/mol. The third-order valence-electron chi connectivity index (χ3n) is 2.41. The van der Waals surface area contributed by atoms with Crippen LogP contribution in [0, 0.1) is 0 Å². The molecule has 0 amide bonds. The van der Waals surface area contributed by atoms with E-state index < -0.39 is 0 Å². The maximum atomic E-state index is 10.0. The van der Waals surface area contributed by atoms with E-state index in [1.807, 2.05) is 25.1 Å². The highest BCUT2D eigenvalue weighted by atomic mass is 16.5. The first-order valence-electron chi connectivity index (χ1n) is 4.98. The molecule has 0 saturated heterocycles. The number of aliphatic imine (C=N–C) groups is 1. The van der Waals surface area contributed by atoms with Crippen LogP contribution in [0.25, 0.3) is 0 Å². The van der Waals surface area contributed by atoms with Crippen LogP contribution in [0.5, 0.6) is 11.5 Å². The molecule has 1 aromatic rings. The van der Waals surface area contributed by atoms with Crippen LogP contribution in [0.2, 0.25) is 0 Å². The Morgan fingerprint density at radius 2 is 2.00 bits per heavy atom. The first-order chi connectivity index (χ1) is 7.72. The van der Waals surface area contributed by atoms with Crippen LogP contribution in [-0.2, 0) is 4.79 Å². The van der Waals surface area contributed by atoms with Gasteiger partial charge in [0.05, 0.1) is 20.8 Å². The zero-order valence-corrected chi connectivity index (χ0v) is 9.69. The summed E-state index contributed by atoms with van der Waals surface area (Å²) in [4.78, 5) is 13.6. The number of methoxy groups -OCH3 is 2. The molecule has 0 aliphatic carbocycles. The van der Waals surface area contributed by atoms with Crippen LogP contribution in [0.15, 0.2) is 23.2 Å². The first kappa shape index (κ1) is 12.3. The van der Waals surface area contributed by atoms with Gasteiger partial charge in [0.1, 0.15) is 0 Å². The van der Waals surface area contributed by atoms with E-state index in [2.05, 4.69) is 4.99 Å². The summed E-state index contributed by atoms with van der Waals surface area (Å²) < 4.78 is 10.3. The molecule has 0 N–H and O–H groups in total. The monoisotopic (exact) mass is 221 g/mol. The summed E-state index contributed by atoms with van der Waals surface area (Å²) >= 11 is 0. The minimum absolute atomic E-state index is 0.154. The molecule has 0 saturated carbocycles. The summed E-state index contributed by atoms with van der Waals surface area (Å²) in [5.41, 5.74) is 1.05. The number of nitrogens with zero attached hydrogens (tertiary/aromatic N) is 1. The second-order valence-electron chi connectivity index (χ2n) is 3.45. The van der Waals surface area contributed by atoms with Gasteiger partial charge >= 0.3 is 0 Å². The highest BCUT2D eigenvalue weighted by molar-refractivity contribution is 5.44. The summed E-state index contributed by atoms with van der Waals surface area (Å²) in [6.07, 6.45) is 1.54. The van der Waals surface area contributed by atoms with Crippen LogP contribution in [-0.4, -0.2) is 26.8 Å². The van der Waals surface area contributed by atoms with Gasteiger partial charge in [0.15, 0.2) is 11.5 Å². The van der Waals surface area contributed by atoms with E-state index in [0.29, 0.717) is 18.0 Å². The Labute approximate surface area is 94.9 Å². The summed E-state index contributed by atoms with van der Waals surface area (Å²) in [5, 5.41) is 0. The minimum Gasteiger partial charge on any atom is -0.493 e. The van der Waals surface area contributed by atoms with Crippen LogP contribution >= 0.6 is 0 Å². The smallest absolute Gasteiger partial charge is 0.234 e. The van der Waals surface area contributed by atoms with Crippen LogP contribution in [0.4, 0.5) is 0 Å². The molecule has 0 bridgehead atoms. The van der Waals surface area contributed by atoms with Crippen molar-refractivity contribution in [2.24, 2.45) is 4.99 Å². The Bertz CT molecular complexity index is 397. The number of isocyanates is 1. The summed E-state index contributed by atoms with van der Waals surface area (Å²) in [5.74, 6) is 1.53. The molecule has 86 valence electrons. The van der Waals surface area contributed by atoms with Gasteiger partial charge in [-0.2, -0.15) is 0 Å². The van der Waals surface area contributed by atoms with Gasteiger partial charge in [-0.1, -0.05) is 13.0 Å². The Morgan fingerprint density at radius 3 is 2.56 bits per heavy atom. The lowest BCUT2D eigenvalue weighted by Crippen LogP contribution is -1.99. The number of hydrogen-bond donors (Lipinski definition) is 0. The molecule has 0 fully saturated rings. The van der Waals surface area contributed by atoms with E-state index in [4.69, 9.17) is 9.47 Å². The molecule has 4 nitrogen and oxygen atoms in total. The Morgan fingerprint density at radius 1 is 1.31 bits per heavy atom. The molecular formula is C12H15NO3. The van der Waals surface area contributed by atoms with Crippen molar-refractivity contribution in [1.29, 1.82) is 0 Å². The van der Waals surface area contributed by atoms with Gasteiger partial charge < -0.3 is 9.47 Å². The van der Waals surface area contributed by atoms with E-state index in [1.54, 1.807) is 14.2 Å². The van der Waals surface area contributed by atoms with E-state index in [1.165, 1.54) is 6.08 Å². The number of hydrogen-bond acceptors (Lipinski definition) is 4. The van der Waals surface area contributed by atoms with Crippen molar-refractivity contribution in [1.82, 2.24) is 0 Å². The van der Waals surface area contributed by atoms with Gasteiger partial charge in [-0.3, -0.25) is 0 Å². The van der Waals surface area contributed by atoms with E-state index >= 15 is 0 Å². The Hall–Kier alpha value is -1.80. The molecule has 0 aliphatic rings. The number of rotatable bonds is 5. The molecule has 1 unspecified atom stereocenters. The van der Waals surface area contributed by atoms with E-state index in [0.717, 1.165) is 5.56 Å². The largest absolute Gasteiger partial charge is 0.493 e. The van der Waals surface area contributed by atoms with Crippen molar-refractivity contribution < 1.29 is 14.3 Å². The minimum atomic E-state index is 0.154. The van der Waals surface area contributed by atoms with Gasteiger partial charge in [-0.25, -0.2) is 9.79 Å². The van der Waals surface area contributed by atoms with Crippen molar-refractivity contribution in [2.75, 3.05) is 20.8 Å². The molecule has 0 aliphatic heterocycles. The maximum absolute atomic E-state index is 10.0. The molecule has 0 heterocycles. The standard InChI is InChI=1S/C12H15NO3/c1-9(7-13-8-14)10-4-5-11(15-2)12(6-10)16-3/h4-6,9H,7H2,1-3H3. The topological polar surface area (TPSA) is 47.9 Å². The fourth-order valence-electron chi connectivity index (χ4n) is 1.44. The van der Waals surface area contributed by atoms with Crippen LogP contribution in [0.3, 0.4) is 0 Å². The maximum Gasteiger partial charge on any atom is 0.234 e. The normalized spacial score (nSPS) is 11.4. The zero-order valence-electron chi connectivity index (χ0n) is 9.69. The SMILES string of the molecule is COc1ccc(C(C)CN=C=O)cc1OC. The van der Waals surface area contributed by atoms with Crippen molar-refractivity contribution >= 4 is 6.08 Å². The van der Waals surface area contributed by atoms with E-state index in [9.17, 15) is 4.79 Å². The summed E-state index contributed by atoms with van der Waals surface area (Å²) in [7, 11) is 3.19. The lowest BCUT2D eigenvalue weighted by molar-refractivity contribution is 0.354. The molecule has 1 aromatic carbocycles. The van der Waals surface area contributed by atoms with Crippen LogP contribution < -0.4 is 9.47 Å². The molecule has 4 heteroatoms. The Balaban J connectivity index is 2.93. The van der Waals surface area contributed by atoms with E-state index in [-0.39, 0.29) is 5.92 Å². The molecule has 1 atom stereocenters. The third kappa shape index (κ3) is 2.84. The summed E-state index contributed by atoms with van der Waals surface area (Å²) in [6, 6.07) is 5.67.